The van der Waals surface area contributed by atoms with Gasteiger partial charge >= 0.3 is 0 Å². The van der Waals surface area contributed by atoms with Crippen molar-refractivity contribution in [1.29, 1.82) is 0 Å². The number of carbonyl (C=O) groups is 2. The van der Waals surface area contributed by atoms with Gasteiger partial charge in [-0.2, -0.15) is 0 Å². The third kappa shape index (κ3) is 4.41. The summed E-state index contributed by atoms with van der Waals surface area (Å²) in [5.74, 6) is 0.105. The number of hydrogen-bond acceptors (Lipinski definition) is 5. The van der Waals surface area contributed by atoms with Crippen molar-refractivity contribution in [2.24, 2.45) is 0 Å². The molecule has 0 aromatic heterocycles. The summed E-state index contributed by atoms with van der Waals surface area (Å²) >= 11 is 0. The number of hydrogen-bond donors (Lipinski definition) is 2. The SMILES string of the molecule is CCCN1CCNC(CC(=O)N2CCN(CCO)CC2)C1=O. The maximum atomic E-state index is 12.4. The molecule has 0 radical (unpaired) electrons. The highest BCUT2D eigenvalue weighted by molar-refractivity contribution is 5.89. The van der Waals surface area contributed by atoms with Gasteiger partial charge in [0.25, 0.3) is 0 Å². The molecular weight excluding hydrogens is 284 g/mol. The third-order valence-corrected chi connectivity index (χ3v) is 4.40. The molecular formula is C15H28N4O3. The summed E-state index contributed by atoms with van der Waals surface area (Å²) in [4.78, 5) is 30.6. The first-order valence-electron chi connectivity index (χ1n) is 8.29. The predicted octanol–water partition coefficient (Wildman–Crippen LogP) is -1.28. The van der Waals surface area contributed by atoms with Crippen LogP contribution in [0.3, 0.4) is 0 Å². The van der Waals surface area contributed by atoms with Crippen LogP contribution in [-0.2, 0) is 9.59 Å². The number of aliphatic hydroxyl groups excluding tert-OH is 1. The Morgan fingerprint density at radius 3 is 2.59 bits per heavy atom. The maximum absolute atomic E-state index is 12.4. The van der Waals surface area contributed by atoms with Gasteiger partial charge in [0.2, 0.25) is 11.8 Å². The minimum absolute atomic E-state index is 0.0489. The Hall–Kier alpha value is -1.18. The Morgan fingerprint density at radius 2 is 1.95 bits per heavy atom. The second-order valence-corrected chi connectivity index (χ2v) is 5.98. The fourth-order valence-electron chi connectivity index (χ4n) is 3.11. The first-order valence-corrected chi connectivity index (χ1v) is 8.29. The van der Waals surface area contributed by atoms with E-state index in [1.54, 1.807) is 0 Å². The molecule has 2 heterocycles. The van der Waals surface area contributed by atoms with Crippen molar-refractivity contribution in [3.8, 4) is 0 Å². The minimum atomic E-state index is -0.372. The van der Waals surface area contributed by atoms with Gasteiger partial charge in [0.15, 0.2) is 0 Å². The van der Waals surface area contributed by atoms with Crippen molar-refractivity contribution in [3.05, 3.63) is 0 Å². The molecule has 2 N–H and O–H groups in total. The van der Waals surface area contributed by atoms with Gasteiger partial charge in [0, 0.05) is 52.4 Å². The number of piperazine rings is 2. The largest absolute Gasteiger partial charge is 0.395 e. The van der Waals surface area contributed by atoms with Crippen molar-refractivity contribution < 1.29 is 14.7 Å². The van der Waals surface area contributed by atoms with E-state index in [1.807, 2.05) is 9.80 Å². The van der Waals surface area contributed by atoms with Crippen LogP contribution in [0.5, 0.6) is 0 Å². The minimum Gasteiger partial charge on any atom is -0.395 e. The monoisotopic (exact) mass is 312 g/mol. The molecule has 7 nitrogen and oxygen atoms in total. The summed E-state index contributed by atoms with van der Waals surface area (Å²) < 4.78 is 0. The molecule has 0 spiro atoms. The number of nitrogens with zero attached hydrogens (tertiary/aromatic N) is 3. The topological polar surface area (TPSA) is 76.1 Å². The standard InChI is InChI=1S/C15H28N4O3/c1-2-4-19-5-3-16-13(15(19)22)12-14(21)18-8-6-17(7-9-18)10-11-20/h13,16,20H,2-12H2,1H3. The fourth-order valence-corrected chi connectivity index (χ4v) is 3.11. The van der Waals surface area contributed by atoms with E-state index in [9.17, 15) is 9.59 Å². The maximum Gasteiger partial charge on any atom is 0.240 e. The van der Waals surface area contributed by atoms with Crippen LogP contribution in [0.4, 0.5) is 0 Å². The van der Waals surface area contributed by atoms with E-state index in [0.717, 1.165) is 39.1 Å². The van der Waals surface area contributed by atoms with Crippen molar-refractivity contribution in [1.82, 2.24) is 20.0 Å². The van der Waals surface area contributed by atoms with Crippen molar-refractivity contribution >= 4 is 11.8 Å². The quantitative estimate of drug-likeness (QED) is 0.639. The molecule has 2 saturated heterocycles. The highest BCUT2D eigenvalue weighted by atomic mass is 16.3. The van der Waals surface area contributed by atoms with Crippen LogP contribution in [-0.4, -0.2) is 96.6 Å². The average Bonchev–Trinajstić information content (AvgIpc) is 2.52. The van der Waals surface area contributed by atoms with Gasteiger partial charge in [-0.25, -0.2) is 0 Å². The molecule has 0 aromatic rings. The van der Waals surface area contributed by atoms with Gasteiger partial charge in [-0.15, -0.1) is 0 Å². The van der Waals surface area contributed by atoms with E-state index in [4.69, 9.17) is 5.11 Å². The molecule has 0 aromatic carbocycles. The van der Waals surface area contributed by atoms with Gasteiger partial charge in [-0.05, 0) is 6.42 Å². The van der Waals surface area contributed by atoms with Crippen LogP contribution in [0, 0.1) is 0 Å². The number of β-amino-alcohol motifs (C(OH)–C–C–N with tert-alkyl or cyclic N) is 1. The smallest absolute Gasteiger partial charge is 0.240 e. The van der Waals surface area contributed by atoms with Crippen molar-refractivity contribution in [2.75, 3.05) is 59.0 Å². The van der Waals surface area contributed by atoms with Crippen LogP contribution < -0.4 is 5.32 Å². The Kier molecular flexibility index (Phi) is 6.60. The first kappa shape index (κ1) is 17.2. The summed E-state index contributed by atoms with van der Waals surface area (Å²) in [7, 11) is 0. The number of nitrogens with one attached hydrogen (secondary N) is 1. The lowest BCUT2D eigenvalue weighted by molar-refractivity contribution is -0.141. The van der Waals surface area contributed by atoms with E-state index >= 15 is 0 Å². The number of amides is 2. The summed E-state index contributed by atoms with van der Waals surface area (Å²) in [6.45, 7) is 8.08. The molecule has 126 valence electrons. The van der Waals surface area contributed by atoms with E-state index in [2.05, 4.69) is 17.1 Å². The molecule has 0 bridgehead atoms. The highest BCUT2D eigenvalue weighted by Crippen LogP contribution is 2.10. The van der Waals surface area contributed by atoms with Crippen LogP contribution >= 0.6 is 0 Å². The lowest BCUT2D eigenvalue weighted by Gasteiger charge is -2.36. The second kappa shape index (κ2) is 8.45. The molecule has 2 aliphatic heterocycles. The molecule has 1 atom stereocenters. The van der Waals surface area contributed by atoms with Gasteiger partial charge < -0.3 is 20.2 Å². The number of rotatable bonds is 6. The lowest BCUT2D eigenvalue weighted by atomic mass is 10.1. The zero-order chi connectivity index (χ0) is 15.9. The van der Waals surface area contributed by atoms with E-state index in [1.165, 1.54) is 0 Å². The van der Waals surface area contributed by atoms with Gasteiger partial charge in [-0.1, -0.05) is 6.92 Å². The summed E-state index contributed by atoms with van der Waals surface area (Å²) in [6, 6.07) is -0.372. The Bertz CT molecular complexity index is 381. The highest BCUT2D eigenvalue weighted by Gasteiger charge is 2.31. The first-order chi connectivity index (χ1) is 10.7. The Balaban J connectivity index is 1.80. The molecule has 2 aliphatic rings. The van der Waals surface area contributed by atoms with Gasteiger partial charge in [0.1, 0.15) is 0 Å². The molecule has 2 amide bonds. The van der Waals surface area contributed by atoms with Crippen LogP contribution in [0.2, 0.25) is 0 Å². The summed E-state index contributed by atoms with van der Waals surface area (Å²) in [6.07, 6.45) is 1.19. The lowest BCUT2D eigenvalue weighted by Crippen LogP contribution is -2.57. The Morgan fingerprint density at radius 1 is 1.23 bits per heavy atom. The molecule has 2 rings (SSSR count). The van der Waals surface area contributed by atoms with Crippen LogP contribution in [0.15, 0.2) is 0 Å². The van der Waals surface area contributed by atoms with E-state index < -0.39 is 0 Å². The van der Waals surface area contributed by atoms with Crippen molar-refractivity contribution in [2.45, 2.75) is 25.8 Å². The third-order valence-electron chi connectivity index (χ3n) is 4.40. The van der Waals surface area contributed by atoms with E-state index in [0.29, 0.717) is 19.6 Å². The Labute approximate surface area is 132 Å². The number of carbonyl (C=O) groups excluding carboxylic acids is 2. The number of aliphatic hydroxyl groups is 1. The summed E-state index contributed by atoms with van der Waals surface area (Å²) in [5, 5.41) is 12.1. The predicted molar refractivity (Wildman–Crippen MR) is 83.4 cm³/mol. The molecule has 0 saturated carbocycles. The fraction of sp³-hybridized carbons (Fsp3) is 0.867. The van der Waals surface area contributed by atoms with Crippen LogP contribution in [0.1, 0.15) is 19.8 Å². The zero-order valence-electron chi connectivity index (χ0n) is 13.5. The van der Waals surface area contributed by atoms with E-state index in [-0.39, 0.29) is 30.9 Å². The molecule has 2 fully saturated rings. The molecule has 1 unspecified atom stereocenters. The molecule has 22 heavy (non-hydrogen) atoms. The van der Waals surface area contributed by atoms with Crippen LogP contribution in [0.25, 0.3) is 0 Å². The van der Waals surface area contributed by atoms with Gasteiger partial charge in [-0.3, -0.25) is 14.5 Å². The average molecular weight is 312 g/mol. The second-order valence-electron chi connectivity index (χ2n) is 5.98. The normalized spacial score (nSPS) is 23.9. The summed E-state index contributed by atoms with van der Waals surface area (Å²) in [5.41, 5.74) is 0. The molecule has 7 heteroatoms. The van der Waals surface area contributed by atoms with Gasteiger partial charge in [0.05, 0.1) is 19.1 Å². The van der Waals surface area contributed by atoms with Crippen molar-refractivity contribution in [3.63, 3.8) is 0 Å². The molecule has 0 aliphatic carbocycles. The zero-order valence-corrected chi connectivity index (χ0v) is 13.5.